The Labute approximate surface area is 120 Å². The molecular formula is C16H15F4N. The first-order chi connectivity index (χ1) is 9.82. The van der Waals surface area contributed by atoms with Crippen molar-refractivity contribution in [2.75, 3.05) is 7.05 Å². The summed E-state index contributed by atoms with van der Waals surface area (Å²) in [7, 11) is 1.73. The highest BCUT2D eigenvalue weighted by Crippen LogP contribution is 2.34. The first kappa shape index (κ1) is 15.5. The van der Waals surface area contributed by atoms with Gasteiger partial charge in [-0.2, -0.15) is 13.2 Å². The summed E-state index contributed by atoms with van der Waals surface area (Å²) in [6.45, 7) is 2.06. The van der Waals surface area contributed by atoms with Crippen molar-refractivity contribution >= 4 is 0 Å². The molecule has 0 radical (unpaired) electrons. The van der Waals surface area contributed by atoms with Crippen LogP contribution in [0.25, 0.3) is 11.1 Å². The van der Waals surface area contributed by atoms with Crippen LogP contribution in [0.1, 0.15) is 16.7 Å². The fraction of sp³-hybridized carbons (Fsp3) is 0.250. The molecule has 0 fully saturated rings. The molecule has 2 rings (SSSR count). The van der Waals surface area contributed by atoms with E-state index in [0.717, 1.165) is 17.7 Å². The van der Waals surface area contributed by atoms with E-state index in [1.165, 1.54) is 18.2 Å². The standard InChI is InChI=1S/C16H15F4N/c1-10-7-12(16(18,19)20)3-5-14(10)15-6-4-13(17)8-11(15)9-21-2/h3-8,21H,9H2,1-2H3. The zero-order valence-electron chi connectivity index (χ0n) is 11.7. The Morgan fingerprint density at radius 3 is 2.24 bits per heavy atom. The average Bonchev–Trinajstić information content (AvgIpc) is 2.39. The Hall–Kier alpha value is -1.88. The topological polar surface area (TPSA) is 12.0 Å². The average molecular weight is 297 g/mol. The van der Waals surface area contributed by atoms with Crippen molar-refractivity contribution < 1.29 is 17.6 Å². The van der Waals surface area contributed by atoms with Crippen LogP contribution in [0.15, 0.2) is 36.4 Å². The van der Waals surface area contributed by atoms with Gasteiger partial charge in [0, 0.05) is 6.54 Å². The Morgan fingerprint density at radius 1 is 1.00 bits per heavy atom. The van der Waals surface area contributed by atoms with Gasteiger partial charge in [-0.3, -0.25) is 0 Å². The molecule has 1 nitrogen and oxygen atoms in total. The predicted molar refractivity (Wildman–Crippen MR) is 74.3 cm³/mol. The Balaban J connectivity index is 2.52. The summed E-state index contributed by atoms with van der Waals surface area (Å²) in [5, 5.41) is 2.93. The fourth-order valence-corrected chi connectivity index (χ4v) is 2.30. The first-order valence-corrected chi connectivity index (χ1v) is 6.44. The highest BCUT2D eigenvalue weighted by molar-refractivity contribution is 5.71. The lowest BCUT2D eigenvalue weighted by atomic mass is 9.94. The predicted octanol–water partition coefficient (Wildman–Crippen LogP) is 4.54. The molecule has 1 N–H and O–H groups in total. The number of alkyl halides is 3. The molecule has 0 saturated heterocycles. The number of nitrogens with one attached hydrogen (secondary N) is 1. The highest BCUT2D eigenvalue weighted by atomic mass is 19.4. The number of benzene rings is 2. The SMILES string of the molecule is CNCc1cc(F)ccc1-c1ccc(C(F)(F)F)cc1C. The molecule has 2 aromatic rings. The smallest absolute Gasteiger partial charge is 0.316 e. The van der Waals surface area contributed by atoms with E-state index in [-0.39, 0.29) is 5.82 Å². The molecule has 0 amide bonds. The van der Waals surface area contributed by atoms with Crippen molar-refractivity contribution in [3.63, 3.8) is 0 Å². The van der Waals surface area contributed by atoms with Crippen molar-refractivity contribution in [1.82, 2.24) is 5.32 Å². The second-order valence-corrected chi connectivity index (χ2v) is 4.86. The van der Waals surface area contributed by atoms with Crippen molar-refractivity contribution in [3.05, 3.63) is 58.9 Å². The van der Waals surface area contributed by atoms with Crippen LogP contribution >= 0.6 is 0 Å². The summed E-state index contributed by atoms with van der Waals surface area (Å²) in [5.41, 5.74) is 1.94. The second kappa shape index (κ2) is 5.85. The van der Waals surface area contributed by atoms with Crippen LogP contribution in [0.5, 0.6) is 0 Å². The van der Waals surface area contributed by atoms with E-state index >= 15 is 0 Å². The molecule has 0 heterocycles. The Morgan fingerprint density at radius 2 is 1.67 bits per heavy atom. The van der Waals surface area contributed by atoms with Crippen LogP contribution in [0, 0.1) is 12.7 Å². The maximum atomic E-state index is 13.3. The monoisotopic (exact) mass is 297 g/mol. The van der Waals surface area contributed by atoms with Crippen LogP contribution in [-0.2, 0) is 12.7 Å². The van der Waals surface area contributed by atoms with E-state index in [9.17, 15) is 17.6 Å². The van der Waals surface area contributed by atoms with Crippen molar-refractivity contribution in [2.45, 2.75) is 19.6 Å². The van der Waals surface area contributed by atoms with E-state index < -0.39 is 11.7 Å². The maximum absolute atomic E-state index is 13.3. The largest absolute Gasteiger partial charge is 0.416 e. The summed E-state index contributed by atoms with van der Waals surface area (Å²) in [6, 6.07) is 7.90. The molecule has 0 bridgehead atoms. The zero-order chi connectivity index (χ0) is 15.6. The molecule has 5 heteroatoms. The van der Waals surface area contributed by atoms with Crippen LogP contribution in [0.3, 0.4) is 0 Å². The molecule has 0 atom stereocenters. The van der Waals surface area contributed by atoms with E-state index in [4.69, 9.17) is 0 Å². The molecule has 0 aliphatic heterocycles. The molecule has 0 aliphatic rings. The van der Waals surface area contributed by atoms with Gasteiger partial charge in [0.1, 0.15) is 5.82 Å². The fourth-order valence-electron chi connectivity index (χ4n) is 2.30. The minimum absolute atomic E-state index is 0.367. The highest BCUT2D eigenvalue weighted by Gasteiger charge is 2.30. The minimum Gasteiger partial charge on any atom is -0.316 e. The van der Waals surface area contributed by atoms with Crippen molar-refractivity contribution in [1.29, 1.82) is 0 Å². The van der Waals surface area contributed by atoms with Crippen molar-refractivity contribution in [2.24, 2.45) is 0 Å². The van der Waals surface area contributed by atoms with Gasteiger partial charge in [0.05, 0.1) is 5.56 Å². The number of hydrogen-bond donors (Lipinski definition) is 1. The molecule has 0 aromatic heterocycles. The van der Waals surface area contributed by atoms with Gasteiger partial charge in [-0.25, -0.2) is 4.39 Å². The summed E-state index contributed by atoms with van der Waals surface area (Å²) in [4.78, 5) is 0. The number of rotatable bonds is 3. The third kappa shape index (κ3) is 3.42. The normalized spacial score (nSPS) is 11.7. The summed E-state index contributed by atoms with van der Waals surface area (Å²) in [5.74, 6) is -0.367. The molecule has 0 unspecified atom stereocenters. The summed E-state index contributed by atoms with van der Waals surface area (Å²) in [6.07, 6.45) is -4.36. The van der Waals surface area contributed by atoms with E-state index in [2.05, 4.69) is 5.32 Å². The number of halogens is 4. The van der Waals surface area contributed by atoms with Gasteiger partial charge >= 0.3 is 6.18 Å². The summed E-state index contributed by atoms with van der Waals surface area (Å²) >= 11 is 0. The lowest BCUT2D eigenvalue weighted by Gasteiger charge is -2.14. The quantitative estimate of drug-likeness (QED) is 0.820. The van der Waals surface area contributed by atoms with E-state index in [0.29, 0.717) is 23.2 Å². The summed E-state index contributed by atoms with van der Waals surface area (Å²) < 4.78 is 51.4. The van der Waals surface area contributed by atoms with Gasteiger partial charge in [0.25, 0.3) is 0 Å². The molecule has 0 spiro atoms. The molecule has 112 valence electrons. The van der Waals surface area contributed by atoms with Crippen molar-refractivity contribution in [3.8, 4) is 11.1 Å². The van der Waals surface area contributed by atoms with Crippen LogP contribution in [-0.4, -0.2) is 7.05 Å². The zero-order valence-corrected chi connectivity index (χ0v) is 11.7. The van der Waals surface area contributed by atoms with E-state index in [1.54, 1.807) is 20.0 Å². The van der Waals surface area contributed by atoms with Gasteiger partial charge in [-0.05, 0) is 60.5 Å². The molecule has 21 heavy (non-hydrogen) atoms. The lowest BCUT2D eigenvalue weighted by molar-refractivity contribution is -0.137. The molecule has 0 aliphatic carbocycles. The number of hydrogen-bond acceptors (Lipinski definition) is 1. The van der Waals surface area contributed by atoms with Gasteiger partial charge in [0.15, 0.2) is 0 Å². The van der Waals surface area contributed by atoms with Crippen LogP contribution in [0.2, 0.25) is 0 Å². The molecule has 2 aromatic carbocycles. The maximum Gasteiger partial charge on any atom is 0.416 e. The third-order valence-electron chi connectivity index (χ3n) is 3.28. The van der Waals surface area contributed by atoms with Gasteiger partial charge < -0.3 is 5.32 Å². The van der Waals surface area contributed by atoms with Gasteiger partial charge in [-0.1, -0.05) is 12.1 Å². The Kier molecular flexibility index (Phi) is 4.32. The van der Waals surface area contributed by atoms with Gasteiger partial charge in [-0.15, -0.1) is 0 Å². The van der Waals surface area contributed by atoms with E-state index in [1.807, 2.05) is 0 Å². The number of aryl methyl sites for hydroxylation is 1. The lowest BCUT2D eigenvalue weighted by Crippen LogP contribution is -2.08. The minimum atomic E-state index is -4.36. The van der Waals surface area contributed by atoms with Crippen LogP contribution < -0.4 is 5.32 Å². The first-order valence-electron chi connectivity index (χ1n) is 6.44. The third-order valence-corrected chi connectivity index (χ3v) is 3.28. The van der Waals surface area contributed by atoms with Gasteiger partial charge in [0.2, 0.25) is 0 Å². The Bertz CT molecular complexity index is 647. The molecular weight excluding hydrogens is 282 g/mol. The van der Waals surface area contributed by atoms with Crippen LogP contribution in [0.4, 0.5) is 17.6 Å². The second-order valence-electron chi connectivity index (χ2n) is 4.86. The molecule has 0 saturated carbocycles.